The summed E-state index contributed by atoms with van der Waals surface area (Å²) in [6.07, 6.45) is 1.52. The highest BCUT2D eigenvalue weighted by Crippen LogP contribution is 2.32. The fraction of sp³-hybridized carbons (Fsp3) is 0.455. The maximum Gasteiger partial charge on any atom is 0.270 e. The Morgan fingerprint density at radius 2 is 1.37 bits per heavy atom. The number of nitrogens with one attached hydrogen (secondary N) is 1. The molecule has 1 N–H and O–H groups in total. The van der Waals surface area contributed by atoms with E-state index in [9.17, 15) is 18.0 Å². The van der Waals surface area contributed by atoms with E-state index in [0.717, 1.165) is 27.8 Å². The number of aromatic amines is 1. The van der Waals surface area contributed by atoms with Crippen LogP contribution in [0, 0.1) is 34.6 Å². The van der Waals surface area contributed by atoms with Gasteiger partial charge in [-0.1, -0.05) is 0 Å². The molecule has 3 rings (SSSR count). The van der Waals surface area contributed by atoms with E-state index in [1.807, 2.05) is 34.6 Å². The Labute approximate surface area is 178 Å². The topological polar surface area (TPSA) is 90.6 Å². The molecule has 0 spiro atoms. The number of ketones is 1. The van der Waals surface area contributed by atoms with Crippen LogP contribution in [-0.4, -0.2) is 60.5 Å². The molecule has 2 aromatic rings. The Morgan fingerprint density at radius 3 is 1.83 bits per heavy atom. The number of benzene rings is 1. The molecular weight excluding hydrogens is 402 g/mol. The summed E-state index contributed by atoms with van der Waals surface area (Å²) in [6, 6.07) is 1.54. The molecule has 30 heavy (non-hydrogen) atoms. The van der Waals surface area contributed by atoms with Crippen molar-refractivity contribution in [2.45, 2.75) is 46.4 Å². The lowest BCUT2D eigenvalue weighted by Gasteiger charge is -2.34. The fourth-order valence-electron chi connectivity index (χ4n) is 4.00. The van der Waals surface area contributed by atoms with Crippen molar-refractivity contribution in [3.63, 3.8) is 0 Å². The Morgan fingerprint density at radius 1 is 0.867 bits per heavy atom. The third-order valence-corrected chi connectivity index (χ3v) is 8.55. The summed E-state index contributed by atoms with van der Waals surface area (Å²) >= 11 is 0. The van der Waals surface area contributed by atoms with Gasteiger partial charge in [0.1, 0.15) is 5.69 Å². The molecule has 1 aliphatic heterocycles. The minimum atomic E-state index is -3.66. The van der Waals surface area contributed by atoms with Gasteiger partial charge in [-0.2, -0.15) is 4.31 Å². The monoisotopic (exact) mass is 431 g/mol. The van der Waals surface area contributed by atoms with Crippen molar-refractivity contribution in [2.24, 2.45) is 0 Å². The number of carbonyl (C=O) groups excluding carboxylic acids is 2. The quantitative estimate of drug-likeness (QED) is 0.754. The second-order valence-corrected chi connectivity index (χ2v) is 9.88. The second-order valence-electron chi connectivity index (χ2n) is 8.01. The van der Waals surface area contributed by atoms with Crippen molar-refractivity contribution >= 4 is 21.7 Å². The SMILES string of the molecule is CC(=O)c1c[nH]c(C(=O)N2CCN(S(=O)(=O)c3c(C)c(C)c(C)c(C)c3C)CC2)c1. The highest BCUT2D eigenvalue weighted by atomic mass is 32.2. The summed E-state index contributed by atoms with van der Waals surface area (Å²) < 4.78 is 28.4. The fourth-order valence-corrected chi connectivity index (χ4v) is 5.99. The van der Waals surface area contributed by atoms with Crippen molar-refractivity contribution in [3.8, 4) is 0 Å². The van der Waals surface area contributed by atoms with E-state index in [-0.39, 0.29) is 24.8 Å². The van der Waals surface area contributed by atoms with Crippen LogP contribution in [0.5, 0.6) is 0 Å². The summed E-state index contributed by atoms with van der Waals surface area (Å²) in [5.41, 5.74) is 5.49. The summed E-state index contributed by atoms with van der Waals surface area (Å²) in [4.78, 5) is 29.0. The van der Waals surface area contributed by atoms with Crippen molar-refractivity contribution in [2.75, 3.05) is 26.2 Å². The average molecular weight is 432 g/mol. The first kappa shape index (κ1) is 22.2. The molecule has 0 aliphatic carbocycles. The minimum Gasteiger partial charge on any atom is -0.356 e. The predicted molar refractivity (Wildman–Crippen MR) is 116 cm³/mol. The van der Waals surface area contributed by atoms with Crippen molar-refractivity contribution < 1.29 is 18.0 Å². The molecule has 1 aromatic heterocycles. The summed E-state index contributed by atoms with van der Waals surface area (Å²) in [5, 5.41) is 0. The van der Waals surface area contributed by atoms with Crippen LogP contribution in [-0.2, 0) is 10.0 Å². The van der Waals surface area contributed by atoms with E-state index < -0.39 is 10.0 Å². The molecule has 1 saturated heterocycles. The predicted octanol–water partition coefficient (Wildman–Crippen LogP) is 2.91. The first-order valence-corrected chi connectivity index (χ1v) is 11.5. The summed E-state index contributed by atoms with van der Waals surface area (Å²) in [5.74, 6) is -0.343. The first-order valence-electron chi connectivity index (χ1n) is 10.0. The Hall–Kier alpha value is -2.45. The standard InChI is InChI=1S/C22H29N3O4S/c1-13-14(2)16(4)21(17(5)15(13)3)30(28,29)25-9-7-24(8-10-25)22(27)20-11-19(12-23-20)18(6)26/h11-12,23H,7-10H2,1-6H3. The van der Waals surface area contributed by atoms with Crippen molar-refractivity contribution in [1.29, 1.82) is 0 Å². The number of Topliss-reactive ketones (excluding diaryl/α,β-unsaturated/α-hetero) is 1. The highest BCUT2D eigenvalue weighted by molar-refractivity contribution is 7.89. The molecule has 0 saturated carbocycles. The van der Waals surface area contributed by atoms with Gasteiger partial charge in [-0.3, -0.25) is 9.59 Å². The van der Waals surface area contributed by atoms with E-state index >= 15 is 0 Å². The second kappa shape index (κ2) is 8.00. The lowest BCUT2D eigenvalue weighted by molar-refractivity contribution is 0.0692. The number of amides is 1. The molecule has 8 heteroatoms. The smallest absolute Gasteiger partial charge is 0.270 e. The van der Waals surface area contributed by atoms with Crippen molar-refractivity contribution in [3.05, 3.63) is 51.3 Å². The summed E-state index contributed by atoms with van der Waals surface area (Å²) in [6.45, 7) is 12.2. The third kappa shape index (κ3) is 3.70. The lowest BCUT2D eigenvalue weighted by Crippen LogP contribution is -2.50. The Kier molecular flexibility index (Phi) is 5.93. The largest absolute Gasteiger partial charge is 0.356 e. The number of rotatable bonds is 4. The zero-order valence-corrected chi connectivity index (χ0v) is 19.2. The van der Waals surface area contributed by atoms with Crippen LogP contribution >= 0.6 is 0 Å². The minimum absolute atomic E-state index is 0.115. The molecule has 0 radical (unpaired) electrons. The number of hydrogen-bond acceptors (Lipinski definition) is 4. The molecule has 1 fully saturated rings. The van der Waals surface area contributed by atoms with E-state index in [2.05, 4.69) is 4.98 Å². The van der Waals surface area contributed by atoms with Gasteiger partial charge >= 0.3 is 0 Å². The van der Waals surface area contributed by atoms with E-state index in [4.69, 9.17) is 0 Å². The van der Waals surface area contributed by atoms with E-state index in [1.165, 1.54) is 17.4 Å². The number of aromatic nitrogens is 1. The number of nitrogens with zero attached hydrogens (tertiary/aromatic N) is 2. The van der Waals surface area contributed by atoms with Crippen LogP contribution in [0.4, 0.5) is 0 Å². The number of hydrogen-bond donors (Lipinski definition) is 1. The molecule has 7 nitrogen and oxygen atoms in total. The maximum atomic E-state index is 13.4. The number of carbonyl (C=O) groups is 2. The molecule has 2 heterocycles. The van der Waals surface area contributed by atoms with Crippen molar-refractivity contribution in [1.82, 2.24) is 14.2 Å². The van der Waals surface area contributed by atoms with Crippen LogP contribution in [0.25, 0.3) is 0 Å². The molecule has 0 unspecified atom stereocenters. The lowest BCUT2D eigenvalue weighted by atomic mass is 9.95. The van der Waals surface area contributed by atoms with Gasteiger partial charge in [-0.25, -0.2) is 8.42 Å². The molecular formula is C22H29N3O4S. The normalized spacial score (nSPS) is 15.5. The van der Waals surface area contributed by atoms with Gasteiger partial charge in [-0.05, 0) is 75.4 Å². The van der Waals surface area contributed by atoms with Crippen LogP contribution < -0.4 is 0 Å². The van der Waals surface area contributed by atoms with Gasteiger partial charge in [-0.15, -0.1) is 0 Å². The van der Waals surface area contributed by atoms with Gasteiger partial charge in [0.05, 0.1) is 4.90 Å². The van der Waals surface area contributed by atoms with Gasteiger partial charge in [0.25, 0.3) is 5.91 Å². The highest BCUT2D eigenvalue weighted by Gasteiger charge is 2.33. The summed E-state index contributed by atoms with van der Waals surface area (Å²) in [7, 11) is -3.66. The van der Waals surface area contributed by atoms with Crippen LogP contribution in [0.2, 0.25) is 0 Å². The van der Waals surface area contributed by atoms with Crippen LogP contribution in [0.3, 0.4) is 0 Å². The zero-order valence-electron chi connectivity index (χ0n) is 18.4. The molecule has 0 atom stereocenters. The van der Waals surface area contributed by atoms with E-state index in [0.29, 0.717) is 29.2 Å². The average Bonchev–Trinajstić information content (AvgIpc) is 3.21. The molecule has 1 aromatic carbocycles. The number of sulfonamides is 1. The molecule has 1 aliphatic rings. The molecule has 1 amide bonds. The number of piperazine rings is 1. The van der Waals surface area contributed by atoms with E-state index in [1.54, 1.807) is 11.0 Å². The van der Waals surface area contributed by atoms with Gasteiger partial charge in [0, 0.05) is 37.9 Å². The van der Waals surface area contributed by atoms with Crippen LogP contribution in [0.15, 0.2) is 17.2 Å². The Bertz CT molecular complexity index is 1090. The zero-order chi connectivity index (χ0) is 22.4. The van der Waals surface area contributed by atoms with Gasteiger partial charge in [0.2, 0.25) is 10.0 Å². The Balaban J connectivity index is 1.81. The third-order valence-electron chi connectivity index (χ3n) is 6.37. The first-order chi connectivity index (χ1) is 14.0. The number of H-pyrrole nitrogens is 1. The maximum absolute atomic E-state index is 13.4. The van der Waals surface area contributed by atoms with Gasteiger partial charge < -0.3 is 9.88 Å². The molecule has 162 valence electrons. The molecule has 0 bridgehead atoms. The van der Waals surface area contributed by atoms with Gasteiger partial charge in [0.15, 0.2) is 5.78 Å². The van der Waals surface area contributed by atoms with Crippen LogP contribution in [0.1, 0.15) is 55.6 Å².